The highest BCUT2D eigenvalue weighted by Gasteiger charge is 2.06. The van der Waals surface area contributed by atoms with Gasteiger partial charge >= 0.3 is 0 Å². The number of hydrogen-bond acceptors (Lipinski definition) is 4. The van der Waals surface area contributed by atoms with Gasteiger partial charge in [0, 0.05) is 12.3 Å². The molecule has 4 nitrogen and oxygen atoms in total. The summed E-state index contributed by atoms with van der Waals surface area (Å²) in [6, 6.07) is 10.8. The van der Waals surface area contributed by atoms with Crippen molar-refractivity contribution < 1.29 is 4.74 Å². The number of ether oxygens (including phenoxy) is 1. The van der Waals surface area contributed by atoms with Crippen molar-refractivity contribution >= 4 is 5.69 Å². The smallest absolute Gasteiger partial charge is 0.219 e. The fourth-order valence-corrected chi connectivity index (χ4v) is 1.43. The number of para-hydroxylation sites is 1. The molecule has 0 saturated carbocycles. The number of nitrogen functional groups attached to an aromatic ring is 1. The zero-order valence-electron chi connectivity index (χ0n) is 9.34. The van der Waals surface area contributed by atoms with Crippen LogP contribution in [0.1, 0.15) is 11.1 Å². The van der Waals surface area contributed by atoms with E-state index in [4.69, 9.17) is 15.7 Å². The summed E-state index contributed by atoms with van der Waals surface area (Å²) >= 11 is 0. The Morgan fingerprint density at radius 1 is 1.29 bits per heavy atom. The van der Waals surface area contributed by atoms with Gasteiger partial charge in [-0.2, -0.15) is 5.26 Å². The molecule has 4 heteroatoms. The molecule has 0 saturated heterocycles. The van der Waals surface area contributed by atoms with Crippen molar-refractivity contribution in [1.82, 2.24) is 4.98 Å². The Hall–Kier alpha value is -2.54. The van der Waals surface area contributed by atoms with Crippen LogP contribution in [-0.4, -0.2) is 4.98 Å². The minimum Gasteiger partial charge on any atom is -0.437 e. The standard InChI is InChI=1S/C13H11N3O/c1-9-3-2-4-11(15)13(9)17-12-6-5-10(7-14)8-16-12/h2-6,8H,15H2,1H3. The molecule has 0 spiro atoms. The molecule has 1 heterocycles. The zero-order valence-corrected chi connectivity index (χ0v) is 9.34. The lowest BCUT2D eigenvalue weighted by Crippen LogP contribution is -1.95. The third-order valence-electron chi connectivity index (χ3n) is 2.31. The van der Waals surface area contributed by atoms with Crippen LogP contribution in [0.25, 0.3) is 0 Å². The number of anilines is 1. The van der Waals surface area contributed by atoms with E-state index < -0.39 is 0 Å². The molecule has 2 rings (SSSR count). The van der Waals surface area contributed by atoms with Crippen LogP contribution in [0.2, 0.25) is 0 Å². The summed E-state index contributed by atoms with van der Waals surface area (Å²) in [5.41, 5.74) is 7.82. The molecule has 0 radical (unpaired) electrons. The molecule has 0 aliphatic carbocycles. The fraction of sp³-hybridized carbons (Fsp3) is 0.0769. The highest BCUT2D eigenvalue weighted by Crippen LogP contribution is 2.29. The maximum absolute atomic E-state index is 8.66. The van der Waals surface area contributed by atoms with Crippen LogP contribution >= 0.6 is 0 Å². The van der Waals surface area contributed by atoms with Crippen LogP contribution in [0.15, 0.2) is 36.5 Å². The predicted octanol–water partition coefficient (Wildman–Crippen LogP) is 2.64. The van der Waals surface area contributed by atoms with Crippen LogP contribution in [0.4, 0.5) is 5.69 Å². The summed E-state index contributed by atoms with van der Waals surface area (Å²) < 4.78 is 5.59. The number of benzene rings is 1. The molecule has 0 amide bonds. The number of nitriles is 1. The van der Waals surface area contributed by atoms with Crippen LogP contribution in [0, 0.1) is 18.3 Å². The molecular formula is C13H11N3O. The van der Waals surface area contributed by atoms with E-state index in [-0.39, 0.29) is 0 Å². The molecule has 0 aliphatic rings. The first-order chi connectivity index (χ1) is 8.20. The van der Waals surface area contributed by atoms with Gasteiger partial charge in [0.25, 0.3) is 0 Å². The Kier molecular flexibility index (Phi) is 2.93. The number of hydrogen-bond donors (Lipinski definition) is 1. The van der Waals surface area contributed by atoms with Crippen LogP contribution in [-0.2, 0) is 0 Å². The van der Waals surface area contributed by atoms with Crippen molar-refractivity contribution in [3.8, 4) is 17.7 Å². The maximum Gasteiger partial charge on any atom is 0.219 e. The van der Waals surface area contributed by atoms with Crippen molar-refractivity contribution in [2.24, 2.45) is 0 Å². The molecule has 0 atom stereocenters. The number of nitrogens with zero attached hydrogens (tertiary/aromatic N) is 2. The maximum atomic E-state index is 8.66. The van der Waals surface area contributed by atoms with Gasteiger partial charge in [0.05, 0.1) is 11.3 Å². The van der Waals surface area contributed by atoms with Gasteiger partial charge in [-0.25, -0.2) is 4.98 Å². The van der Waals surface area contributed by atoms with Gasteiger partial charge in [-0.3, -0.25) is 0 Å². The lowest BCUT2D eigenvalue weighted by atomic mass is 10.2. The van der Waals surface area contributed by atoms with E-state index in [9.17, 15) is 0 Å². The van der Waals surface area contributed by atoms with E-state index in [0.29, 0.717) is 22.9 Å². The SMILES string of the molecule is Cc1cccc(N)c1Oc1ccc(C#N)cn1. The lowest BCUT2D eigenvalue weighted by molar-refractivity contribution is 0.461. The lowest BCUT2D eigenvalue weighted by Gasteiger charge is -2.09. The first kappa shape index (κ1) is 11.0. The van der Waals surface area contributed by atoms with E-state index in [2.05, 4.69) is 4.98 Å². The molecule has 2 N–H and O–H groups in total. The molecule has 1 aromatic heterocycles. The van der Waals surface area contributed by atoms with E-state index in [1.807, 2.05) is 25.1 Å². The van der Waals surface area contributed by atoms with Crippen molar-refractivity contribution in [2.75, 3.05) is 5.73 Å². The highest BCUT2D eigenvalue weighted by atomic mass is 16.5. The Morgan fingerprint density at radius 2 is 2.12 bits per heavy atom. The Labute approximate surface area is 99.3 Å². The summed E-state index contributed by atoms with van der Waals surface area (Å²) in [6.45, 7) is 1.91. The van der Waals surface area contributed by atoms with E-state index >= 15 is 0 Å². The molecule has 0 unspecified atom stereocenters. The first-order valence-corrected chi connectivity index (χ1v) is 5.10. The van der Waals surface area contributed by atoms with E-state index in [1.54, 1.807) is 18.2 Å². The number of aromatic nitrogens is 1. The molecule has 2 aromatic rings. The molecule has 84 valence electrons. The Balaban J connectivity index is 2.29. The van der Waals surface area contributed by atoms with E-state index in [1.165, 1.54) is 6.20 Å². The largest absolute Gasteiger partial charge is 0.437 e. The van der Waals surface area contributed by atoms with Gasteiger partial charge in [-0.05, 0) is 24.6 Å². The quantitative estimate of drug-likeness (QED) is 0.797. The van der Waals surface area contributed by atoms with Crippen LogP contribution in [0.5, 0.6) is 11.6 Å². The average Bonchev–Trinajstić information content (AvgIpc) is 2.35. The molecule has 0 bridgehead atoms. The zero-order chi connectivity index (χ0) is 12.3. The topological polar surface area (TPSA) is 71.9 Å². The van der Waals surface area contributed by atoms with Gasteiger partial charge in [0.2, 0.25) is 5.88 Å². The number of aryl methyl sites for hydroxylation is 1. The van der Waals surface area contributed by atoms with Gasteiger partial charge in [0.15, 0.2) is 5.75 Å². The van der Waals surface area contributed by atoms with Gasteiger partial charge in [-0.15, -0.1) is 0 Å². The summed E-state index contributed by atoms with van der Waals surface area (Å²) in [5, 5.41) is 8.66. The number of nitrogens with two attached hydrogens (primary N) is 1. The van der Waals surface area contributed by atoms with E-state index in [0.717, 1.165) is 5.56 Å². The second-order valence-corrected chi connectivity index (χ2v) is 3.59. The monoisotopic (exact) mass is 225 g/mol. The summed E-state index contributed by atoms with van der Waals surface area (Å²) in [7, 11) is 0. The van der Waals surface area contributed by atoms with Crippen molar-refractivity contribution in [3.05, 3.63) is 47.7 Å². The average molecular weight is 225 g/mol. The molecule has 17 heavy (non-hydrogen) atoms. The third-order valence-corrected chi connectivity index (χ3v) is 2.31. The van der Waals surface area contributed by atoms with Crippen molar-refractivity contribution in [1.29, 1.82) is 5.26 Å². The second kappa shape index (κ2) is 4.54. The molecule has 0 fully saturated rings. The summed E-state index contributed by atoms with van der Waals surface area (Å²) in [6.07, 6.45) is 1.46. The van der Waals surface area contributed by atoms with Crippen LogP contribution in [0.3, 0.4) is 0 Å². The van der Waals surface area contributed by atoms with Gasteiger partial charge in [-0.1, -0.05) is 12.1 Å². The van der Waals surface area contributed by atoms with Gasteiger partial charge < -0.3 is 10.5 Å². The summed E-state index contributed by atoms with van der Waals surface area (Å²) in [5.74, 6) is 1.02. The minimum atomic E-state index is 0.421. The normalized spacial score (nSPS) is 9.65. The fourth-order valence-electron chi connectivity index (χ4n) is 1.43. The first-order valence-electron chi connectivity index (χ1n) is 5.10. The van der Waals surface area contributed by atoms with Crippen LogP contribution < -0.4 is 10.5 Å². The summed E-state index contributed by atoms with van der Waals surface area (Å²) in [4.78, 5) is 4.03. The minimum absolute atomic E-state index is 0.421. The number of rotatable bonds is 2. The molecule has 1 aromatic carbocycles. The molecular weight excluding hydrogens is 214 g/mol. The van der Waals surface area contributed by atoms with Crippen molar-refractivity contribution in [3.63, 3.8) is 0 Å². The number of pyridine rings is 1. The van der Waals surface area contributed by atoms with Crippen molar-refractivity contribution in [2.45, 2.75) is 6.92 Å². The predicted molar refractivity (Wildman–Crippen MR) is 64.6 cm³/mol. The Bertz CT molecular complexity index is 550. The molecule has 0 aliphatic heterocycles. The Morgan fingerprint density at radius 3 is 2.71 bits per heavy atom. The second-order valence-electron chi connectivity index (χ2n) is 3.59. The highest BCUT2D eigenvalue weighted by molar-refractivity contribution is 5.57. The third kappa shape index (κ3) is 2.34. The van der Waals surface area contributed by atoms with Gasteiger partial charge in [0.1, 0.15) is 6.07 Å².